The number of esters is 2. The molecule has 0 N–H and O–H groups in total. The SMILES string of the molecule is CC/C=C\C[C@H]1C/C=C2/C(=O)C=C[C@@H]2C/C=C\CCCC(=O)O[C@@H](C/C=C\CC)C/C=C2/C(=O)C=C[C@@H]2C/C=C\CCCC(=O)O1. The smallest absolute Gasteiger partial charge is 0.306 e. The average molecular weight is 629 g/mol. The van der Waals surface area contributed by atoms with Gasteiger partial charge in [0.1, 0.15) is 12.2 Å². The van der Waals surface area contributed by atoms with E-state index in [-0.39, 0.29) is 47.5 Å². The Morgan fingerprint density at radius 1 is 0.609 bits per heavy atom. The number of carbonyl (C=O) groups is 4. The molecule has 0 saturated heterocycles. The summed E-state index contributed by atoms with van der Waals surface area (Å²) in [5.74, 6) is -0.436. The summed E-state index contributed by atoms with van der Waals surface area (Å²) in [6.45, 7) is 4.13. The highest BCUT2D eigenvalue weighted by molar-refractivity contribution is 6.07. The molecule has 1 aliphatic heterocycles. The van der Waals surface area contributed by atoms with Gasteiger partial charge in [0.2, 0.25) is 0 Å². The van der Waals surface area contributed by atoms with E-state index in [1.165, 1.54) is 0 Å². The van der Waals surface area contributed by atoms with Gasteiger partial charge in [0.05, 0.1) is 0 Å². The Labute approximate surface area is 275 Å². The van der Waals surface area contributed by atoms with Gasteiger partial charge in [-0.3, -0.25) is 19.2 Å². The van der Waals surface area contributed by atoms with Gasteiger partial charge in [0.25, 0.3) is 0 Å². The Morgan fingerprint density at radius 2 is 1.04 bits per heavy atom. The van der Waals surface area contributed by atoms with Gasteiger partial charge in [-0.25, -0.2) is 0 Å². The van der Waals surface area contributed by atoms with E-state index in [2.05, 4.69) is 50.3 Å². The lowest BCUT2D eigenvalue weighted by Gasteiger charge is -2.16. The van der Waals surface area contributed by atoms with Gasteiger partial charge in [-0.1, -0.05) is 86.8 Å². The molecule has 0 aromatic carbocycles. The van der Waals surface area contributed by atoms with Crippen molar-refractivity contribution in [2.24, 2.45) is 11.8 Å². The van der Waals surface area contributed by atoms with Gasteiger partial charge in [0.15, 0.2) is 11.6 Å². The molecule has 0 aromatic heterocycles. The summed E-state index contributed by atoms with van der Waals surface area (Å²) in [6.07, 6.45) is 35.7. The van der Waals surface area contributed by atoms with Crippen molar-refractivity contribution in [2.75, 3.05) is 0 Å². The lowest BCUT2D eigenvalue weighted by molar-refractivity contribution is -0.149. The van der Waals surface area contributed by atoms with Crippen molar-refractivity contribution in [3.8, 4) is 0 Å². The largest absolute Gasteiger partial charge is 0.462 e. The van der Waals surface area contributed by atoms with Crippen LogP contribution in [0.2, 0.25) is 0 Å². The minimum absolute atomic E-state index is 0.00537. The topological polar surface area (TPSA) is 86.7 Å². The summed E-state index contributed by atoms with van der Waals surface area (Å²) in [7, 11) is 0. The number of carbonyl (C=O) groups excluding carboxylic acids is 4. The molecule has 0 bridgehead atoms. The third-order valence-corrected chi connectivity index (χ3v) is 8.34. The van der Waals surface area contributed by atoms with Crippen molar-refractivity contribution in [3.05, 3.63) is 96.2 Å². The maximum absolute atomic E-state index is 12.7. The number of ether oxygens (including phenoxy) is 2. The van der Waals surface area contributed by atoms with Crippen LogP contribution in [0.15, 0.2) is 96.2 Å². The fourth-order valence-electron chi connectivity index (χ4n) is 5.76. The molecule has 0 radical (unpaired) electrons. The Hall–Kier alpha value is -3.80. The normalized spacial score (nSPS) is 29.9. The Morgan fingerprint density at radius 3 is 1.46 bits per heavy atom. The maximum Gasteiger partial charge on any atom is 0.306 e. The van der Waals surface area contributed by atoms with Crippen molar-refractivity contribution in [1.29, 1.82) is 0 Å². The van der Waals surface area contributed by atoms with Crippen LogP contribution in [0.25, 0.3) is 0 Å². The van der Waals surface area contributed by atoms with Crippen LogP contribution in [0.1, 0.15) is 104 Å². The summed E-state index contributed by atoms with van der Waals surface area (Å²) in [4.78, 5) is 50.7. The highest BCUT2D eigenvalue weighted by Gasteiger charge is 2.24. The highest BCUT2D eigenvalue weighted by Crippen LogP contribution is 2.28. The highest BCUT2D eigenvalue weighted by atomic mass is 16.5. The monoisotopic (exact) mass is 628 g/mol. The molecule has 0 fully saturated rings. The molecule has 1 heterocycles. The molecule has 0 aromatic rings. The van der Waals surface area contributed by atoms with E-state index in [0.717, 1.165) is 36.8 Å². The summed E-state index contributed by atoms with van der Waals surface area (Å²) in [5, 5.41) is 0. The summed E-state index contributed by atoms with van der Waals surface area (Å²) in [5.41, 5.74) is 1.50. The van der Waals surface area contributed by atoms with Gasteiger partial charge in [-0.2, -0.15) is 0 Å². The van der Waals surface area contributed by atoms with Crippen LogP contribution in [0, 0.1) is 11.8 Å². The predicted octanol–water partition coefficient (Wildman–Crippen LogP) is 8.91. The second kappa shape index (κ2) is 21.1. The number of allylic oxidation sites excluding steroid dienone is 12. The molecule has 3 rings (SSSR count). The summed E-state index contributed by atoms with van der Waals surface area (Å²) in [6, 6.07) is 0. The molecule has 2 aliphatic carbocycles. The minimum Gasteiger partial charge on any atom is -0.462 e. The molecule has 0 unspecified atom stereocenters. The zero-order valence-corrected chi connectivity index (χ0v) is 27.7. The zero-order chi connectivity index (χ0) is 33.0. The Kier molecular flexibility index (Phi) is 16.8. The van der Waals surface area contributed by atoms with Gasteiger partial charge in [-0.05, 0) is 63.5 Å². The lowest BCUT2D eigenvalue weighted by atomic mass is 9.95. The van der Waals surface area contributed by atoms with Gasteiger partial charge in [0, 0.05) is 61.5 Å². The third-order valence-electron chi connectivity index (χ3n) is 8.34. The number of fused-ring (bicyclic) bond motifs is 2. The van der Waals surface area contributed by atoms with Crippen LogP contribution >= 0.6 is 0 Å². The van der Waals surface area contributed by atoms with Crippen molar-refractivity contribution in [3.63, 3.8) is 0 Å². The molecule has 0 amide bonds. The third kappa shape index (κ3) is 13.3. The molecule has 3 aliphatic rings. The van der Waals surface area contributed by atoms with Gasteiger partial charge >= 0.3 is 11.9 Å². The van der Waals surface area contributed by atoms with Crippen LogP contribution in [0.4, 0.5) is 0 Å². The number of ketones is 2. The van der Waals surface area contributed by atoms with Crippen LogP contribution in [-0.2, 0) is 28.7 Å². The molecule has 6 heteroatoms. The molecular weight excluding hydrogens is 576 g/mol. The number of rotatable bonds is 6. The average Bonchev–Trinajstić information content (AvgIpc) is 3.57. The number of hydrogen-bond donors (Lipinski definition) is 0. The lowest BCUT2D eigenvalue weighted by Crippen LogP contribution is -2.18. The maximum atomic E-state index is 12.7. The summed E-state index contributed by atoms with van der Waals surface area (Å²) >= 11 is 0. The Balaban J connectivity index is 1.72. The fourth-order valence-corrected chi connectivity index (χ4v) is 5.76. The molecule has 4 atom stereocenters. The van der Waals surface area contributed by atoms with Crippen molar-refractivity contribution >= 4 is 23.5 Å². The van der Waals surface area contributed by atoms with Crippen LogP contribution < -0.4 is 0 Å². The fraction of sp³-hybridized carbons (Fsp3) is 0.500. The minimum atomic E-state index is -0.319. The molecule has 0 spiro atoms. The van der Waals surface area contributed by atoms with Crippen LogP contribution in [0.3, 0.4) is 0 Å². The molecular formula is C40H52O6. The molecule has 248 valence electrons. The first kappa shape index (κ1) is 36.7. The number of cyclic esters (lactones) is 2. The van der Waals surface area contributed by atoms with Crippen LogP contribution in [-0.4, -0.2) is 35.7 Å². The van der Waals surface area contributed by atoms with E-state index in [9.17, 15) is 19.2 Å². The van der Waals surface area contributed by atoms with Gasteiger partial charge < -0.3 is 9.47 Å². The Bertz CT molecular complexity index is 1170. The molecule has 46 heavy (non-hydrogen) atoms. The first-order chi connectivity index (χ1) is 22.4. The van der Waals surface area contributed by atoms with E-state index < -0.39 is 0 Å². The molecule has 6 nitrogen and oxygen atoms in total. The zero-order valence-electron chi connectivity index (χ0n) is 27.7. The standard InChI is InChI=1S/C40H52O6/c1-3-5-11-19-33-25-27-35-31(23-29-37(35)41)17-13-8-10-16-22-40(44)46-34(20-12-6-4-2)26-28-36-32(24-30-38(36)42)18-14-7-9-15-21-39(43)45-33/h5-8,11-14,23-24,27-34H,3-4,9-10,15-22,25-26H2,1-2H3/b11-5-,12-6-,13-8-,14-7-,35-27+,36-28+/t31-,32-,33-,34-/m0/s1. The summed E-state index contributed by atoms with van der Waals surface area (Å²) < 4.78 is 11.7. The predicted molar refractivity (Wildman–Crippen MR) is 184 cm³/mol. The molecule has 0 saturated carbocycles. The van der Waals surface area contributed by atoms with Crippen molar-refractivity contribution in [2.45, 2.75) is 116 Å². The first-order valence-corrected chi connectivity index (χ1v) is 17.2. The van der Waals surface area contributed by atoms with Gasteiger partial charge in [-0.15, -0.1) is 0 Å². The second-order valence-electron chi connectivity index (χ2n) is 12.1. The quantitative estimate of drug-likeness (QED) is 0.216. The van der Waals surface area contributed by atoms with E-state index in [1.807, 2.05) is 36.5 Å². The van der Waals surface area contributed by atoms with E-state index >= 15 is 0 Å². The van der Waals surface area contributed by atoms with E-state index in [4.69, 9.17) is 9.47 Å². The van der Waals surface area contributed by atoms with E-state index in [0.29, 0.717) is 64.2 Å². The van der Waals surface area contributed by atoms with Crippen molar-refractivity contribution < 1.29 is 28.7 Å². The second-order valence-corrected chi connectivity index (χ2v) is 12.1. The van der Waals surface area contributed by atoms with Crippen molar-refractivity contribution in [1.82, 2.24) is 0 Å². The van der Waals surface area contributed by atoms with E-state index in [1.54, 1.807) is 12.2 Å². The first-order valence-electron chi connectivity index (χ1n) is 17.2. The number of hydrogen-bond acceptors (Lipinski definition) is 6. The van der Waals surface area contributed by atoms with Crippen LogP contribution in [0.5, 0.6) is 0 Å².